The van der Waals surface area contributed by atoms with Crippen LogP contribution in [0.25, 0.3) is 6.08 Å². The predicted molar refractivity (Wildman–Crippen MR) is 129 cm³/mol. The molecule has 0 aliphatic carbocycles. The molecule has 0 atom stereocenters. The highest BCUT2D eigenvalue weighted by Crippen LogP contribution is 2.30. The number of amides is 1. The first-order chi connectivity index (χ1) is 16.0. The Kier molecular flexibility index (Phi) is 10.8. The Bertz CT molecular complexity index is 936. The minimum Gasteiger partial charge on any atom is -0.490 e. The van der Waals surface area contributed by atoms with E-state index in [9.17, 15) is 14.7 Å². The monoisotopic (exact) mass is 455 g/mol. The smallest absolute Gasteiger partial charge is 0.371 e. The van der Waals surface area contributed by atoms with Crippen molar-refractivity contribution in [3.8, 4) is 11.5 Å². The number of rotatable bonds is 14. The molecule has 2 N–H and O–H groups in total. The number of carboxylic acid groups (broad SMARTS) is 1. The molecule has 1 amide bonds. The van der Waals surface area contributed by atoms with Crippen molar-refractivity contribution >= 4 is 23.6 Å². The molecule has 2 aromatic carbocycles. The van der Waals surface area contributed by atoms with E-state index in [-0.39, 0.29) is 18.3 Å². The average molecular weight is 456 g/mol. The maximum atomic E-state index is 11.5. The van der Waals surface area contributed by atoms with Gasteiger partial charge in [-0.3, -0.25) is 4.79 Å². The van der Waals surface area contributed by atoms with Gasteiger partial charge in [-0.25, -0.2) is 4.79 Å². The van der Waals surface area contributed by atoms with Gasteiger partial charge >= 0.3 is 5.97 Å². The Labute approximate surface area is 195 Å². The number of nitrogens with one attached hydrogen (secondary N) is 1. The van der Waals surface area contributed by atoms with E-state index in [1.54, 1.807) is 25.1 Å². The lowest BCUT2D eigenvalue weighted by Crippen LogP contribution is -2.09. The average Bonchev–Trinajstić information content (AvgIpc) is 2.81. The third-order valence-corrected chi connectivity index (χ3v) is 4.74. The van der Waals surface area contributed by atoms with Gasteiger partial charge < -0.3 is 24.6 Å². The SMILES string of the molecule is CCCCOc1cc(/C=C(\OCC)C(=O)O)ccc1OCCc1ccc(NC(=O)CC)cc1. The maximum Gasteiger partial charge on any atom is 0.371 e. The largest absolute Gasteiger partial charge is 0.490 e. The lowest BCUT2D eigenvalue weighted by Gasteiger charge is -2.14. The second-order valence-corrected chi connectivity index (χ2v) is 7.35. The van der Waals surface area contributed by atoms with Crippen molar-refractivity contribution in [1.29, 1.82) is 0 Å². The summed E-state index contributed by atoms with van der Waals surface area (Å²) in [5.41, 5.74) is 2.51. The summed E-state index contributed by atoms with van der Waals surface area (Å²) in [6.07, 6.45) is 4.50. The highest BCUT2D eigenvalue weighted by Gasteiger charge is 2.11. The van der Waals surface area contributed by atoms with Crippen molar-refractivity contribution in [1.82, 2.24) is 0 Å². The van der Waals surface area contributed by atoms with Crippen LogP contribution in [-0.4, -0.2) is 36.8 Å². The Balaban J connectivity index is 2.07. The summed E-state index contributed by atoms with van der Waals surface area (Å²) < 4.78 is 17.1. The highest BCUT2D eigenvalue weighted by atomic mass is 16.5. The Morgan fingerprint density at radius 1 is 0.970 bits per heavy atom. The van der Waals surface area contributed by atoms with Gasteiger partial charge in [-0.1, -0.05) is 38.5 Å². The van der Waals surface area contributed by atoms with Crippen LogP contribution < -0.4 is 14.8 Å². The molecule has 0 aliphatic rings. The first-order valence-electron chi connectivity index (χ1n) is 11.3. The predicted octanol–water partition coefficient (Wildman–Crippen LogP) is 5.30. The molecule has 0 unspecified atom stereocenters. The molecule has 7 nitrogen and oxygen atoms in total. The number of carboxylic acids is 1. The summed E-state index contributed by atoms with van der Waals surface area (Å²) in [5, 5.41) is 12.1. The molecular formula is C26H33NO6. The Morgan fingerprint density at radius 2 is 1.70 bits per heavy atom. The number of hydrogen-bond acceptors (Lipinski definition) is 5. The summed E-state index contributed by atoms with van der Waals surface area (Å²) >= 11 is 0. The van der Waals surface area contributed by atoms with Gasteiger partial charge in [-0.05, 0) is 54.8 Å². The van der Waals surface area contributed by atoms with Gasteiger partial charge in [0.1, 0.15) is 0 Å². The van der Waals surface area contributed by atoms with Crippen LogP contribution in [0.2, 0.25) is 0 Å². The van der Waals surface area contributed by atoms with Crippen molar-refractivity contribution < 1.29 is 28.9 Å². The van der Waals surface area contributed by atoms with Gasteiger partial charge in [-0.15, -0.1) is 0 Å². The van der Waals surface area contributed by atoms with Crippen molar-refractivity contribution in [3.63, 3.8) is 0 Å². The molecule has 178 valence electrons. The molecule has 0 aliphatic heterocycles. The van der Waals surface area contributed by atoms with Crippen LogP contribution in [0.5, 0.6) is 11.5 Å². The lowest BCUT2D eigenvalue weighted by molar-refractivity contribution is -0.136. The summed E-state index contributed by atoms with van der Waals surface area (Å²) in [7, 11) is 0. The van der Waals surface area contributed by atoms with Crippen LogP contribution in [-0.2, 0) is 20.7 Å². The molecule has 7 heteroatoms. The minimum absolute atomic E-state index is 0.0169. The van der Waals surface area contributed by atoms with Gasteiger partial charge in [0.25, 0.3) is 0 Å². The minimum atomic E-state index is -1.12. The van der Waals surface area contributed by atoms with Gasteiger partial charge in [0, 0.05) is 18.5 Å². The summed E-state index contributed by atoms with van der Waals surface area (Å²) in [6, 6.07) is 13.0. The van der Waals surface area contributed by atoms with Crippen LogP contribution in [0, 0.1) is 0 Å². The molecule has 0 heterocycles. The standard InChI is InChI=1S/C26H33NO6/c1-4-7-15-32-23-17-20(18-24(26(29)30)31-6-3)10-13-22(23)33-16-14-19-8-11-21(12-9-19)27-25(28)5-2/h8-13,17-18H,4-7,14-16H2,1-3H3,(H,27,28)(H,29,30)/b24-18-. The summed E-state index contributed by atoms with van der Waals surface area (Å²) in [5.74, 6) is -0.0914. The Hall–Kier alpha value is -3.48. The fraction of sp³-hybridized carbons (Fsp3) is 0.385. The van der Waals surface area contributed by atoms with Crippen LogP contribution in [0.4, 0.5) is 5.69 Å². The molecule has 2 aromatic rings. The molecular weight excluding hydrogens is 422 g/mol. The number of ether oxygens (including phenoxy) is 3. The summed E-state index contributed by atoms with van der Waals surface area (Å²) in [6.45, 7) is 6.89. The number of anilines is 1. The van der Waals surface area contributed by atoms with E-state index < -0.39 is 5.97 Å². The second-order valence-electron chi connectivity index (χ2n) is 7.35. The first-order valence-corrected chi connectivity index (χ1v) is 11.3. The molecule has 0 saturated carbocycles. The molecule has 0 spiro atoms. The topological polar surface area (TPSA) is 94.1 Å². The number of carbonyl (C=O) groups is 2. The molecule has 0 radical (unpaired) electrons. The quantitative estimate of drug-likeness (QED) is 0.228. The van der Waals surface area contributed by atoms with Crippen LogP contribution >= 0.6 is 0 Å². The van der Waals surface area contributed by atoms with E-state index in [1.807, 2.05) is 31.2 Å². The zero-order chi connectivity index (χ0) is 24.1. The van der Waals surface area contributed by atoms with Gasteiger partial charge in [0.2, 0.25) is 11.7 Å². The summed E-state index contributed by atoms with van der Waals surface area (Å²) in [4.78, 5) is 22.8. The van der Waals surface area contributed by atoms with Crippen molar-refractivity contribution in [3.05, 3.63) is 59.4 Å². The zero-order valence-electron chi connectivity index (χ0n) is 19.6. The van der Waals surface area contributed by atoms with Crippen molar-refractivity contribution in [2.75, 3.05) is 25.1 Å². The first kappa shape index (κ1) is 25.8. The number of aliphatic carboxylic acids is 1. The third-order valence-electron chi connectivity index (χ3n) is 4.74. The molecule has 33 heavy (non-hydrogen) atoms. The number of carbonyl (C=O) groups excluding carboxylic acids is 1. The van der Waals surface area contributed by atoms with Crippen LogP contribution in [0.15, 0.2) is 48.2 Å². The molecule has 0 aromatic heterocycles. The lowest BCUT2D eigenvalue weighted by atomic mass is 10.1. The number of unbranched alkanes of at least 4 members (excludes halogenated alkanes) is 1. The zero-order valence-corrected chi connectivity index (χ0v) is 19.6. The molecule has 0 saturated heterocycles. The number of hydrogen-bond donors (Lipinski definition) is 2. The van der Waals surface area contributed by atoms with E-state index >= 15 is 0 Å². The van der Waals surface area contributed by atoms with Crippen molar-refractivity contribution in [2.45, 2.75) is 46.5 Å². The van der Waals surface area contributed by atoms with Crippen LogP contribution in [0.3, 0.4) is 0 Å². The normalized spacial score (nSPS) is 11.1. The fourth-order valence-corrected chi connectivity index (χ4v) is 2.93. The van der Waals surface area contributed by atoms with Crippen molar-refractivity contribution in [2.24, 2.45) is 0 Å². The second kappa shape index (κ2) is 13.8. The Morgan fingerprint density at radius 3 is 2.33 bits per heavy atom. The highest BCUT2D eigenvalue weighted by molar-refractivity contribution is 5.90. The van der Waals surface area contributed by atoms with E-state index in [4.69, 9.17) is 14.2 Å². The van der Waals surface area contributed by atoms with Gasteiger partial charge in [-0.2, -0.15) is 0 Å². The van der Waals surface area contributed by atoms with E-state index in [1.165, 1.54) is 6.08 Å². The number of benzene rings is 2. The van der Waals surface area contributed by atoms with Gasteiger partial charge in [0.15, 0.2) is 11.5 Å². The molecule has 0 bridgehead atoms. The van der Waals surface area contributed by atoms with Crippen LogP contribution in [0.1, 0.15) is 51.2 Å². The maximum absolute atomic E-state index is 11.5. The molecule has 2 rings (SSSR count). The van der Waals surface area contributed by atoms with E-state index in [2.05, 4.69) is 12.2 Å². The van der Waals surface area contributed by atoms with E-state index in [0.29, 0.717) is 43.1 Å². The third kappa shape index (κ3) is 8.88. The fourth-order valence-electron chi connectivity index (χ4n) is 2.93. The van der Waals surface area contributed by atoms with Gasteiger partial charge in [0.05, 0.1) is 19.8 Å². The molecule has 0 fully saturated rings. The van der Waals surface area contributed by atoms with E-state index in [0.717, 1.165) is 24.1 Å².